The highest BCUT2D eigenvalue weighted by Gasteiger charge is 2.12. The Kier molecular flexibility index (Phi) is 6.84. The molecule has 0 spiro atoms. The van der Waals surface area contributed by atoms with Gasteiger partial charge in [0.25, 0.3) is 5.91 Å². The van der Waals surface area contributed by atoms with Crippen LogP contribution in [0.25, 0.3) is 10.8 Å². The summed E-state index contributed by atoms with van der Waals surface area (Å²) in [7, 11) is 0. The number of benzene rings is 3. The summed E-state index contributed by atoms with van der Waals surface area (Å²) in [5.41, 5.74) is 13.3. The van der Waals surface area contributed by atoms with Crippen LogP contribution in [0.5, 0.6) is 5.75 Å². The third kappa shape index (κ3) is 5.30. The molecule has 0 fully saturated rings. The number of hydrazine groups is 1. The summed E-state index contributed by atoms with van der Waals surface area (Å²) in [5.74, 6) is 1.23. The number of nitrogens with two attached hydrogens (primary N) is 1. The normalized spacial score (nSPS) is 10.6. The number of carbonyl (C=O) groups excluding carboxylic acids is 1. The SMILES string of the molecule is CCCCOc1ccc(Nc2ncnc(NNC(=O)c3cccc4ccccc34)c2N)cc1. The second kappa shape index (κ2) is 10.3. The predicted octanol–water partition coefficient (Wildman–Crippen LogP) is 4.89. The van der Waals surface area contributed by atoms with Gasteiger partial charge in [0.05, 0.1) is 6.61 Å². The monoisotopic (exact) mass is 442 g/mol. The van der Waals surface area contributed by atoms with Crippen LogP contribution < -0.4 is 26.6 Å². The molecule has 1 heterocycles. The summed E-state index contributed by atoms with van der Waals surface area (Å²) < 4.78 is 5.68. The molecule has 8 heteroatoms. The quantitative estimate of drug-likeness (QED) is 0.215. The Labute approximate surface area is 192 Å². The molecule has 5 N–H and O–H groups in total. The van der Waals surface area contributed by atoms with Gasteiger partial charge in [-0.1, -0.05) is 49.7 Å². The Bertz CT molecular complexity index is 1240. The Morgan fingerprint density at radius 1 is 0.970 bits per heavy atom. The Morgan fingerprint density at radius 3 is 2.55 bits per heavy atom. The summed E-state index contributed by atoms with van der Waals surface area (Å²) >= 11 is 0. The molecule has 0 bridgehead atoms. The first-order valence-corrected chi connectivity index (χ1v) is 10.8. The molecule has 0 atom stereocenters. The van der Waals surface area contributed by atoms with E-state index in [-0.39, 0.29) is 11.6 Å². The maximum absolute atomic E-state index is 12.8. The average molecular weight is 443 g/mol. The molecule has 4 rings (SSSR count). The number of ether oxygens (including phenoxy) is 1. The van der Waals surface area contributed by atoms with E-state index in [1.165, 1.54) is 6.33 Å². The van der Waals surface area contributed by atoms with Crippen molar-refractivity contribution in [2.75, 3.05) is 23.1 Å². The first-order chi connectivity index (χ1) is 16.2. The topological polar surface area (TPSA) is 114 Å². The van der Waals surface area contributed by atoms with Gasteiger partial charge >= 0.3 is 0 Å². The number of anilines is 4. The van der Waals surface area contributed by atoms with Gasteiger partial charge in [-0.2, -0.15) is 0 Å². The van der Waals surface area contributed by atoms with Crippen LogP contribution in [-0.2, 0) is 0 Å². The van der Waals surface area contributed by atoms with Crippen molar-refractivity contribution in [3.05, 3.63) is 78.6 Å². The highest BCUT2D eigenvalue weighted by molar-refractivity contribution is 6.07. The largest absolute Gasteiger partial charge is 0.494 e. The van der Waals surface area contributed by atoms with Crippen LogP contribution in [0, 0.1) is 0 Å². The van der Waals surface area contributed by atoms with Crippen molar-refractivity contribution < 1.29 is 9.53 Å². The standard InChI is InChI=1S/C25H26N6O2/c1-2-3-15-33-19-13-11-18(12-14-19)29-23-22(26)24(28-16-27-23)30-31-25(32)21-10-6-8-17-7-4-5-9-20(17)21/h4-14,16H,2-3,15,26H2,1H3,(H,31,32)(H2,27,28,29,30). The van der Waals surface area contributed by atoms with Gasteiger partial charge in [0, 0.05) is 11.3 Å². The lowest BCUT2D eigenvalue weighted by Crippen LogP contribution is -2.30. The van der Waals surface area contributed by atoms with Crippen LogP contribution in [0.2, 0.25) is 0 Å². The molecule has 1 amide bonds. The molecule has 0 saturated heterocycles. The van der Waals surface area contributed by atoms with Gasteiger partial charge in [0.2, 0.25) is 0 Å². The second-order valence-corrected chi connectivity index (χ2v) is 7.44. The molecule has 0 aliphatic heterocycles. The van der Waals surface area contributed by atoms with Gasteiger partial charge in [-0.3, -0.25) is 15.6 Å². The maximum atomic E-state index is 12.8. The number of fused-ring (bicyclic) bond motifs is 1. The lowest BCUT2D eigenvalue weighted by Gasteiger charge is -2.14. The van der Waals surface area contributed by atoms with Crippen LogP contribution in [-0.4, -0.2) is 22.5 Å². The number of aromatic nitrogens is 2. The van der Waals surface area contributed by atoms with E-state index in [1.54, 1.807) is 6.07 Å². The third-order valence-corrected chi connectivity index (χ3v) is 5.10. The van der Waals surface area contributed by atoms with Gasteiger partial charge in [0.15, 0.2) is 11.6 Å². The number of nitrogen functional groups attached to an aromatic ring is 1. The van der Waals surface area contributed by atoms with Crippen LogP contribution in [0.15, 0.2) is 73.1 Å². The lowest BCUT2D eigenvalue weighted by molar-refractivity contribution is 0.0964. The molecule has 33 heavy (non-hydrogen) atoms. The molecule has 4 aromatic rings. The van der Waals surface area contributed by atoms with Gasteiger partial charge in [-0.05, 0) is 47.5 Å². The lowest BCUT2D eigenvalue weighted by atomic mass is 10.0. The third-order valence-electron chi connectivity index (χ3n) is 5.10. The van der Waals surface area contributed by atoms with Gasteiger partial charge in [-0.25, -0.2) is 9.97 Å². The molecule has 0 aliphatic carbocycles. The van der Waals surface area contributed by atoms with Crippen molar-refractivity contribution in [1.82, 2.24) is 15.4 Å². The van der Waals surface area contributed by atoms with Crippen LogP contribution in [0.1, 0.15) is 30.1 Å². The van der Waals surface area contributed by atoms with Crippen LogP contribution in [0.4, 0.5) is 23.0 Å². The van der Waals surface area contributed by atoms with E-state index < -0.39 is 0 Å². The van der Waals surface area contributed by atoms with Crippen molar-refractivity contribution in [2.24, 2.45) is 0 Å². The summed E-state index contributed by atoms with van der Waals surface area (Å²) in [6.45, 7) is 2.82. The number of hydrogen-bond acceptors (Lipinski definition) is 7. The molecule has 0 unspecified atom stereocenters. The first-order valence-electron chi connectivity index (χ1n) is 10.8. The smallest absolute Gasteiger partial charge is 0.270 e. The molecule has 8 nitrogen and oxygen atoms in total. The molecular formula is C25H26N6O2. The second-order valence-electron chi connectivity index (χ2n) is 7.44. The number of rotatable bonds is 9. The number of nitrogens with zero attached hydrogens (tertiary/aromatic N) is 2. The average Bonchev–Trinajstić information content (AvgIpc) is 2.85. The minimum Gasteiger partial charge on any atom is -0.494 e. The summed E-state index contributed by atoms with van der Waals surface area (Å²) in [6.07, 6.45) is 3.48. The van der Waals surface area contributed by atoms with Crippen molar-refractivity contribution in [1.29, 1.82) is 0 Å². The van der Waals surface area contributed by atoms with E-state index in [2.05, 4.69) is 33.1 Å². The van der Waals surface area contributed by atoms with Gasteiger partial charge < -0.3 is 15.8 Å². The molecule has 0 saturated carbocycles. The fourth-order valence-corrected chi connectivity index (χ4v) is 3.31. The zero-order valence-corrected chi connectivity index (χ0v) is 18.3. The highest BCUT2D eigenvalue weighted by Crippen LogP contribution is 2.26. The summed E-state index contributed by atoms with van der Waals surface area (Å²) in [4.78, 5) is 21.1. The molecule has 0 radical (unpaired) electrons. The van der Waals surface area contributed by atoms with E-state index in [0.717, 1.165) is 35.1 Å². The fraction of sp³-hybridized carbons (Fsp3) is 0.160. The predicted molar refractivity (Wildman–Crippen MR) is 132 cm³/mol. The Hall–Kier alpha value is -4.33. The molecular weight excluding hydrogens is 416 g/mol. The summed E-state index contributed by atoms with van der Waals surface area (Å²) in [6, 6.07) is 20.8. The molecule has 3 aromatic carbocycles. The minimum absolute atomic E-state index is 0.277. The van der Waals surface area contributed by atoms with E-state index in [1.807, 2.05) is 60.7 Å². The number of unbranched alkanes of at least 4 members (excludes halogenated alkanes) is 1. The number of amides is 1. The molecule has 0 aliphatic rings. The molecule has 1 aromatic heterocycles. The van der Waals surface area contributed by atoms with Gasteiger partial charge in [0.1, 0.15) is 17.8 Å². The molecule has 168 valence electrons. The Morgan fingerprint density at radius 2 is 1.73 bits per heavy atom. The first kappa shape index (κ1) is 21.9. The number of carbonyl (C=O) groups is 1. The van der Waals surface area contributed by atoms with Crippen molar-refractivity contribution in [2.45, 2.75) is 19.8 Å². The highest BCUT2D eigenvalue weighted by atomic mass is 16.5. The zero-order valence-electron chi connectivity index (χ0n) is 18.3. The van der Waals surface area contributed by atoms with Crippen molar-refractivity contribution >= 4 is 39.7 Å². The van der Waals surface area contributed by atoms with E-state index in [0.29, 0.717) is 23.8 Å². The zero-order chi connectivity index (χ0) is 23.0. The van der Waals surface area contributed by atoms with E-state index in [4.69, 9.17) is 10.5 Å². The van der Waals surface area contributed by atoms with Gasteiger partial charge in [-0.15, -0.1) is 0 Å². The number of nitrogens with one attached hydrogen (secondary N) is 3. The van der Waals surface area contributed by atoms with Crippen molar-refractivity contribution in [3.8, 4) is 5.75 Å². The maximum Gasteiger partial charge on any atom is 0.270 e. The van der Waals surface area contributed by atoms with Crippen molar-refractivity contribution in [3.63, 3.8) is 0 Å². The van der Waals surface area contributed by atoms with Crippen LogP contribution in [0.3, 0.4) is 0 Å². The van der Waals surface area contributed by atoms with Crippen LogP contribution >= 0.6 is 0 Å². The van der Waals surface area contributed by atoms with E-state index >= 15 is 0 Å². The fourth-order valence-electron chi connectivity index (χ4n) is 3.31. The van der Waals surface area contributed by atoms with E-state index in [9.17, 15) is 4.79 Å². The summed E-state index contributed by atoms with van der Waals surface area (Å²) in [5, 5.41) is 5.01. The minimum atomic E-state index is -0.294. The Balaban J connectivity index is 1.42. The number of hydrogen-bond donors (Lipinski definition) is 4.